The van der Waals surface area contributed by atoms with E-state index >= 15 is 0 Å². The van der Waals surface area contributed by atoms with Gasteiger partial charge in [0.1, 0.15) is 11.6 Å². The van der Waals surface area contributed by atoms with Gasteiger partial charge in [-0.2, -0.15) is 0 Å². The number of aromatic nitrogens is 1. The predicted molar refractivity (Wildman–Crippen MR) is 103 cm³/mol. The average Bonchev–Trinajstić information content (AvgIpc) is 2.62. The molecule has 0 bridgehead atoms. The summed E-state index contributed by atoms with van der Waals surface area (Å²) in [5.74, 6) is 1.35. The van der Waals surface area contributed by atoms with Crippen molar-refractivity contribution in [3.8, 4) is 5.75 Å². The zero-order chi connectivity index (χ0) is 19.1. The first-order chi connectivity index (χ1) is 12.5. The van der Waals surface area contributed by atoms with E-state index < -0.39 is 0 Å². The van der Waals surface area contributed by atoms with Crippen molar-refractivity contribution in [1.82, 2.24) is 15.6 Å². The summed E-state index contributed by atoms with van der Waals surface area (Å²) in [6.45, 7) is 9.51. The van der Waals surface area contributed by atoms with Crippen LogP contribution in [0.3, 0.4) is 0 Å². The maximum atomic E-state index is 13.4. The van der Waals surface area contributed by atoms with Crippen molar-refractivity contribution in [2.45, 2.75) is 40.8 Å². The summed E-state index contributed by atoms with van der Waals surface area (Å²) in [4.78, 5) is 9.06. The van der Waals surface area contributed by atoms with E-state index in [-0.39, 0.29) is 5.82 Å². The quantitative estimate of drug-likeness (QED) is 0.614. The van der Waals surface area contributed by atoms with E-state index in [1.165, 1.54) is 6.07 Å². The smallest absolute Gasteiger partial charge is 0.191 e. The Morgan fingerprint density at radius 2 is 1.96 bits per heavy atom. The van der Waals surface area contributed by atoms with Crippen molar-refractivity contribution in [2.75, 3.05) is 13.7 Å². The zero-order valence-electron chi connectivity index (χ0n) is 16.1. The molecule has 0 spiro atoms. The number of rotatable bonds is 6. The number of aliphatic imine (C=N–C) groups is 1. The first kappa shape index (κ1) is 19.7. The predicted octanol–water partition coefficient (Wildman–Crippen LogP) is 3.41. The highest BCUT2D eigenvalue weighted by molar-refractivity contribution is 5.79. The Hall–Kier alpha value is -2.63. The van der Waals surface area contributed by atoms with Crippen molar-refractivity contribution in [2.24, 2.45) is 4.99 Å². The monoisotopic (exact) mass is 358 g/mol. The lowest BCUT2D eigenvalue weighted by Crippen LogP contribution is -2.37. The van der Waals surface area contributed by atoms with Gasteiger partial charge >= 0.3 is 0 Å². The lowest BCUT2D eigenvalue weighted by Gasteiger charge is -2.15. The second kappa shape index (κ2) is 9.17. The van der Waals surface area contributed by atoms with E-state index in [1.54, 1.807) is 20.1 Å². The number of aryl methyl sites for hydroxylation is 2. The number of ether oxygens (including phenoxy) is 1. The maximum absolute atomic E-state index is 13.4. The molecule has 0 saturated carbocycles. The lowest BCUT2D eigenvalue weighted by atomic mass is 10.1. The molecule has 2 aromatic rings. The molecule has 0 atom stereocenters. The molecule has 2 N–H and O–H groups in total. The summed E-state index contributed by atoms with van der Waals surface area (Å²) < 4.78 is 18.8. The molecule has 5 nitrogen and oxygen atoms in total. The van der Waals surface area contributed by atoms with Crippen molar-refractivity contribution in [1.29, 1.82) is 0 Å². The van der Waals surface area contributed by atoms with Gasteiger partial charge < -0.3 is 15.4 Å². The SMILES string of the molecule is CCNC(=NCc1ccc(F)c(C)c1)NCc1ncc(C)c(OC)c1C. The molecule has 0 amide bonds. The Morgan fingerprint density at radius 1 is 1.19 bits per heavy atom. The summed E-state index contributed by atoms with van der Waals surface area (Å²) in [5, 5.41) is 6.51. The molecule has 140 valence electrons. The fourth-order valence-electron chi connectivity index (χ4n) is 2.73. The molecular formula is C20H27FN4O. The van der Waals surface area contributed by atoms with Gasteiger partial charge in [-0.05, 0) is 44.9 Å². The van der Waals surface area contributed by atoms with Gasteiger partial charge in [0.2, 0.25) is 0 Å². The highest BCUT2D eigenvalue weighted by Crippen LogP contribution is 2.23. The molecular weight excluding hydrogens is 331 g/mol. The standard InChI is InChI=1S/C20H27FN4O/c1-6-22-20(24-11-16-7-8-17(21)13(2)9-16)25-12-18-15(4)19(26-5)14(3)10-23-18/h7-10H,6,11-12H2,1-5H3,(H2,22,24,25). The van der Waals surface area contributed by atoms with Gasteiger partial charge in [0, 0.05) is 23.9 Å². The van der Waals surface area contributed by atoms with Crippen LogP contribution in [0.15, 0.2) is 29.4 Å². The van der Waals surface area contributed by atoms with E-state index in [1.807, 2.05) is 33.0 Å². The van der Waals surface area contributed by atoms with E-state index in [9.17, 15) is 4.39 Å². The number of guanidine groups is 1. The minimum absolute atomic E-state index is 0.197. The molecule has 0 aliphatic carbocycles. The largest absolute Gasteiger partial charge is 0.496 e. The van der Waals surface area contributed by atoms with Gasteiger partial charge in [0.15, 0.2) is 5.96 Å². The van der Waals surface area contributed by atoms with Gasteiger partial charge in [0.25, 0.3) is 0 Å². The summed E-state index contributed by atoms with van der Waals surface area (Å²) >= 11 is 0. The molecule has 0 aliphatic heterocycles. The van der Waals surface area contributed by atoms with Gasteiger partial charge in [-0.15, -0.1) is 0 Å². The molecule has 2 rings (SSSR count). The highest BCUT2D eigenvalue weighted by Gasteiger charge is 2.10. The number of pyridine rings is 1. The first-order valence-electron chi connectivity index (χ1n) is 8.72. The van der Waals surface area contributed by atoms with E-state index in [0.29, 0.717) is 24.6 Å². The van der Waals surface area contributed by atoms with Crippen LogP contribution in [0.2, 0.25) is 0 Å². The maximum Gasteiger partial charge on any atom is 0.191 e. The summed E-state index contributed by atoms with van der Waals surface area (Å²) in [7, 11) is 1.67. The third-order valence-corrected chi connectivity index (χ3v) is 4.16. The molecule has 0 unspecified atom stereocenters. The minimum atomic E-state index is -0.197. The van der Waals surface area contributed by atoms with Crippen molar-refractivity contribution in [3.05, 3.63) is 58.2 Å². The van der Waals surface area contributed by atoms with Crippen LogP contribution >= 0.6 is 0 Å². The first-order valence-corrected chi connectivity index (χ1v) is 8.72. The average molecular weight is 358 g/mol. The van der Waals surface area contributed by atoms with E-state index in [4.69, 9.17) is 4.74 Å². The van der Waals surface area contributed by atoms with Crippen LogP contribution in [0, 0.1) is 26.6 Å². The van der Waals surface area contributed by atoms with Crippen LogP contribution in [0.1, 0.15) is 34.9 Å². The number of hydrogen-bond acceptors (Lipinski definition) is 3. The number of nitrogens with one attached hydrogen (secondary N) is 2. The molecule has 1 aromatic heterocycles. The van der Waals surface area contributed by atoms with Crippen LogP contribution in [0.4, 0.5) is 4.39 Å². The summed E-state index contributed by atoms with van der Waals surface area (Å²) in [5.41, 5.74) is 4.54. The molecule has 1 aromatic carbocycles. The number of nitrogens with zero attached hydrogens (tertiary/aromatic N) is 2. The fourth-order valence-corrected chi connectivity index (χ4v) is 2.73. The Labute approximate surface area is 154 Å². The van der Waals surface area contributed by atoms with Crippen molar-refractivity contribution in [3.63, 3.8) is 0 Å². The van der Waals surface area contributed by atoms with Gasteiger partial charge in [0.05, 0.1) is 25.9 Å². The molecule has 0 aliphatic rings. The van der Waals surface area contributed by atoms with Gasteiger partial charge in [-0.25, -0.2) is 9.38 Å². The van der Waals surface area contributed by atoms with E-state index in [0.717, 1.165) is 34.7 Å². The number of halogens is 1. The lowest BCUT2D eigenvalue weighted by molar-refractivity contribution is 0.406. The third kappa shape index (κ3) is 4.94. The van der Waals surface area contributed by atoms with Crippen LogP contribution in [0.25, 0.3) is 0 Å². The Bertz CT molecular complexity index is 790. The number of hydrogen-bond donors (Lipinski definition) is 2. The molecule has 0 radical (unpaired) electrons. The summed E-state index contributed by atoms with van der Waals surface area (Å²) in [6.07, 6.45) is 1.81. The van der Waals surface area contributed by atoms with Gasteiger partial charge in [-0.3, -0.25) is 4.98 Å². The molecule has 26 heavy (non-hydrogen) atoms. The zero-order valence-corrected chi connectivity index (χ0v) is 16.1. The highest BCUT2D eigenvalue weighted by atomic mass is 19.1. The Balaban J connectivity index is 2.09. The van der Waals surface area contributed by atoms with Crippen LogP contribution in [0.5, 0.6) is 5.75 Å². The Kier molecular flexibility index (Phi) is 6.95. The molecule has 1 heterocycles. The minimum Gasteiger partial charge on any atom is -0.496 e. The second-order valence-corrected chi connectivity index (χ2v) is 6.18. The van der Waals surface area contributed by atoms with Gasteiger partial charge in [-0.1, -0.05) is 12.1 Å². The van der Waals surface area contributed by atoms with Crippen LogP contribution in [-0.2, 0) is 13.1 Å². The van der Waals surface area contributed by atoms with Crippen molar-refractivity contribution >= 4 is 5.96 Å². The molecule has 0 fully saturated rings. The fraction of sp³-hybridized carbons (Fsp3) is 0.400. The third-order valence-electron chi connectivity index (χ3n) is 4.16. The molecule has 6 heteroatoms. The molecule has 0 saturated heterocycles. The topological polar surface area (TPSA) is 58.5 Å². The van der Waals surface area contributed by atoms with Crippen LogP contribution in [-0.4, -0.2) is 24.6 Å². The number of benzene rings is 1. The van der Waals surface area contributed by atoms with Crippen LogP contribution < -0.4 is 15.4 Å². The Morgan fingerprint density at radius 3 is 2.62 bits per heavy atom. The normalized spacial score (nSPS) is 11.4. The number of methoxy groups -OCH3 is 1. The van der Waals surface area contributed by atoms with E-state index in [2.05, 4.69) is 20.6 Å². The second-order valence-electron chi connectivity index (χ2n) is 6.18. The van der Waals surface area contributed by atoms with Crippen molar-refractivity contribution < 1.29 is 9.13 Å². The summed E-state index contributed by atoms with van der Waals surface area (Å²) in [6, 6.07) is 5.05.